The van der Waals surface area contributed by atoms with E-state index in [9.17, 15) is 0 Å². The summed E-state index contributed by atoms with van der Waals surface area (Å²) >= 11 is 0. The van der Waals surface area contributed by atoms with Gasteiger partial charge in [0.1, 0.15) is 11.6 Å². The minimum absolute atomic E-state index is 0.777. The second kappa shape index (κ2) is 4.53. The highest BCUT2D eigenvalue weighted by Gasteiger charge is 2.04. The first-order chi connectivity index (χ1) is 8.08. The number of aromatic nitrogens is 4. The molecule has 17 heavy (non-hydrogen) atoms. The van der Waals surface area contributed by atoms with Gasteiger partial charge in [-0.05, 0) is 20.3 Å². The molecule has 0 radical (unpaired) electrons. The smallest absolute Gasteiger partial charge is 0.153 e. The lowest BCUT2D eigenvalue weighted by Gasteiger charge is -2.05. The van der Waals surface area contributed by atoms with Crippen molar-refractivity contribution in [2.75, 3.05) is 5.32 Å². The quantitative estimate of drug-likeness (QED) is 0.879. The third-order valence-corrected chi connectivity index (χ3v) is 2.62. The zero-order valence-electron chi connectivity index (χ0n) is 10.7. The molecule has 5 heteroatoms. The van der Waals surface area contributed by atoms with Crippen molar-refractivity contribution in [3.05, 3.63) is 29.3 Å². The van der Waals surface area contributed by atoms with E-state index in [0.29, 0.717) is 0 Å². The molecule has 0 aromatic carbocycles. The van der Waals surface area contributed by atoms with Crippen molar-refractivity contribution in [3.63, 3.8) is 0 Å². The summed E-state index contributed by atoms with van der Waals surface area (Å²) in [4.78, 5) is 8.68. The van der Waals surface area contributed by atoms with Crippen molar-refractivity contribution < 1.29 is 0 Å². The minimum atomic E-state index is 0.777. The fourth-order valence-electron chi connectivity index (χ4n) is 1.63. The van der Waals surface area contributed by atoms with E-state index in [1.165, 1.54) is 0 Å². The van der Waals surface area contributed by atoms with E-state index in [0.717, 1.165) is 35.3 Å². The molecule has 0 unspecified atom stereocenters. The maximum atomic E-state index is 4.34. The Balaban J connectivity index is 2.26. The average molecular weight is 231 g/mol. The minimum Gasteiger partial charge on any atom is -0.323 e. The van der Waals surface area contributed by atoms with E-state index >= 15 is 0 Å². The summed E-state index contributed by atoms with van der Waals surface area (Å²) in [5, 5.41) is 7.53. The third-order valence-electron chi connectivity index (χ3n) is 2.62. The van der Waals surface area contributed by atoms with Crippen LogP contribution < -0.4 is 5.32 Å². The molecule has 5 nitrogen and oxygen atoms in total. The van der Waals surface area contributed by atoms with Crippen LogP contribution in [0.1, 0.15) is 24.1 Å². The summed E-state index contributed by atoms with van der Waals surface area (Å²) in [6.07, 6.45) is 0.902. The second-order valence-electron chi connectivity index (χ2n) is 4.06. The van der Waals surface area contributed by atoms with Gasteiger partial charge in [-0.2, -0.15) is 5.10 Å². The van der Waals surface area contributed by atoms with Crippen LogP contribution in [0.2, 0.25) is 0 Å². The van der Waals surface area contributed by atoms with Crippen LogP contribution in [0.3, 0.4) is 0 Å². The molecule has 0 amide bonds. The van der Waals surface area contributed by atoms with E-state index in [4.69, 9.17) is 0 Å². The van der Waals surface area contributed by atoms with Crippen LogP contribution in [0.5, 0.6) is 0 Å². The summed E-state index contributed by atoms with van der Waals surface area (Å²) in [7, 11) is 1.92. The van der Waals surface area contributed by atoms with Gasteiger partial charge in [-0.25, -0.2) is 9.97 Å². The van der Waals surface area contributed by atoms with Crippen LogP contribution in [0.25, 0.3) is 0 Å². The Kier molecular flexibility index (Phi) is 3.08. The van der Waals surface area contributed by atoms with Gasteiger partial charge in [-0.1, -0.05) is 6.92 Å². The van der Waals surface area contributed by atoms with Gasteiger partial charge in [0.15, 0.2) is 5.82 Å². The molecule has 2 heterocycles. The van der Waals surface area contributed by atoms with Gasteiger partial charge in [-0.15, -0.1) is 0 Å². The average Bonchev–Trinajstić information content (AvgIpc) is 2.57. The SMILES string of the molecule is CCc1cc(Nc2cc(C)n(C)n2)nc(C)n1. The number of aryl methyl sites for hydroxylation is 4. The molecule has 0 atom stereocenters. The maximum Gasteiger partial charge on any atom is 0.153 e. The topological polar surface area (TPSA) is 55.6 Å². The van der Waals surface area contributed by atoms with Crippen molar-refractivity contribution in [2.45, 2.75) is 27.2 Å². The Morgan fingerprint density at radius 1 is 1.18 bits per heavy atom. The fourth-order valence-corrected chi connectivity index (χ4v) is 1.63. The number of anilines is 2. The van der Waals surface area contributed by atoms with E-state index in [-0.39, 0.29) is 0 Å². The van der Waals surface area contributed by atoms with Gasteiger partial charge in [0.2, 0.25) is 0 Å². The highest BCUT2D eigenvalue weighted by molar-refractivity contribution is 5.52. The summed E-state index contributed by atoms with van der Waals surface area (Å²) < 4.78 is 1.83. The Hall–Kier alpha value is -1.91. The predicted octanol–water partition coefficient (Wildman–Crippen LogP) is 2.13. The van der Waals surface area contributed by atoms with Crippen LogP contribution in [-0.4, -0.2) is 19.7 Å². The molecule has 0 fully saturated rings. The largest absolute Gasteiger partial charge is 0.323 e. The van der Waals surface area contributed by atoms with Crippen LogP contribution in [-0.2, 0) is 13.5 Å². The third kappa shape index (κ3) is 2.61. The number of hydrogen-bond acceptors (Lipinski definition) is 4. The molecule has 0 spiro atoms. The summed E-state index contributed by atoms with van der Waals surface area (Å²) in [6.45, 7) is 5.99. The van der Waals surface area contributed by atoms with Gasteiger partial charge < -0.3 is 5.32 Å². The molecule has 90 valence electrons. The van der Waals surface area contributed by atoms with Crippen molar-refractivity contribution in [1.82, 2.24) is 19.7 Å². The zero-order chi connectivity index (χ0) is 12.4. The maximum absolute atomic E-state index is 4.34. The van der Waals surface area contributed by atoms with Crippen LogP contribution in [0.4, 0.5) is 11.6 Å². The van der Waals surface area contributed by atoms with E-state index in [1.54, 1.807) is 0 Å². The van der Waals surface area contributed by atoms with E-state index in [1.807, 2.05) is 37.7 Å². The first-order valence-corrected chi connectivity index (χ1v) is 5.70. The molecule has 0 bridgehead atoms. The molecular formula is C12H17N5. The lowest BCUT2D eigenvalue weighted by molar-refractivity contribution is 0.743. The Morgan fingerprint density at radius 2 is 1.94 bits per heavy atom. The molecule has 0 aliphatic carbocycles. The number of nitrogens with one attached hydrogen (secondary N) is 1. The molecule has 0 aliphatic heterocycles. The number of nitrogens with zero attached hydrogens (tertiary/aromatic N) is 4. The van der Waals surface area contributed by atoms with Crippen molar-refractivity contribution in [2.24, 2.45) is 7.05 Å². The molecule has 0 aliphatic rings. The van der Waals surface area contributed by atoms with E-state index < -0.39 is 0 Å². The summed E-state index contributed by atoms with van der Waals surface area (Å²) in [5.74, 6) is 2.39. The summed E-state index contributed by atoms with van der Waals surface area (Å²) in [6, 6.07) is 3.94. The molecular weight excluding hydrogens is 214 g/mol. The molecule has 0 saturated carbocycles. The van der Waals surface area contributed by atoms with Crippen LogP contribution in [0, 0.1) is 13.8 Å². The highest BCUT2D eigenvalue weighted by Crippen LogP contribution is 2.15. The van der Waals surface area contributed by atoms with Gasteiger partial charge >= 0.3 is 0 Å². The van der Waals surface area contributed by atoms with Crippen molar-refractivity contribution in [1.29, 1.82) is 0 Å². The predicted molar refractivity (Wildman–Crippen MR) is 67.4 cm³/mol. The molecule has 2 aromatic rings. The van der Waals surface area contributed by atoms with Crippen molar-refractivity contribution >= 4 is 11.6 Å². The van der Waals surface area contributed by atoms with Gasteiger partial charge in [0.25, 0.3) is 0 Å². The van der Waals surface area contributed by atoms with Gasteiger partial charge in [0.05, 0.1) is 0 Å². The summed E-state index contributed by atoms with van der Waals surface area (Å²) in [5.41, 5.74) is 2.14. The lowest BCUT2D eigenvalue weighted by Crippen LogP contribution is -2.01. The van der Waals surface area contributed by atoms with E-state index in [2.05, 4.69) is 27.3 Å². The Labute approximate surface area is 101 Å². The zero-order valence-corrected chi connectivity index (χ0v) is 10.7. The fraction of sp³-hybridized carbons (Fsp3) is 0.417. The normalized spacial score (nSPS) is 10.6. The van der Waals surface area contributed by atoms with Crippen LogP contribution in [0.15, 0.2) is 12.1 Å². The first-order valence-electron chi connectivity index (χ1n) is 5.70. The Bertz CT molecular complexity index is 510. The lowest BCUT2D eigenvalue weighted by atomic mass is 10.3. The molecule has 2 aromatic heterocycles. The van der Waals surface area contributed by atoms with Crippen LogP contribution >= 0.6 is 0 Å². The van der Waals surface area contributed by atoms with Crippen molar-refractivity contribution in [3.8, 4) is 0 Å². The Morgan fingerprint density at radius 3 is 2.53 bits per heavy atom. The monoisotopic (exact) mass is 231 g/mol. The molecule has 1 N–H and O–H groups in total. The second-order valence-corrected chi connectivity index (χ2v) is 4.06. The van der Waals surface area contributed by atoms with Gasteiger partial charge in [-0.3, -0.25) is 4.68 Å². The molecule has 2 rings (SSSR count). The van der Waals surface area contributed by atoms with Gasteiger partial charge in [0, 0.05) is 30.6 Å². The number of rotatable bonds is 3. The first kappa shape index (κ1) is 11.6. The number of hydrogen-bond donors (Lipinski definition) is 1. The standard InChI is InChI=1S/C12H17N5/c1-5-10-7-11(14-9(3)13-10)15-12-6-8(2)17(4)16-12/h6-7H,5H2,1-4H3,(H,13,14,15,16). The highest BCUT2D eigenvalue weighted by atomic mass is 15.3. The molecule has 0 saturated heterocycles.